The monoisotopic (exact) mass is 304 g/mol. The van der Waals surface area contributed by atoms with Gasteiger partial charge >= 0.3 is 0 Å². The molecule has 0 atom stereocenters. The van der Waals surface area contributed by atoms with Crippen molar-refractivity contribution in [3.8, 4) is 20.2 Å². The van der Waals surface area contributed by atoms with Crippen LogP contribution in [0.25, 0.3) is 20.2 Å². The van der Waals surface area contributed by atoms with Crippen molar-refractivity contribution in [3.63, 3.8) is 0 Å². The van der Waals surface area contributed by atoms with Crippen molar-refractivity contribution in [2.24, 2.45) is 0 Å². The zero-order chi connectivity index (χ0) is 13.4. The van der Waals surface area contributed by atoms with Gasteiger partial charge in [-0.15, -0.1) is 22.7 Å². The van der Waals surface area contributed by atoms with Gasteiger partial charge in [-0.3, -0.25) is 0 Å². The summed E-state index contributed by atoms with van der Waals surface area (Å²) in [6.07, 6.45) is 0. The molecule has 0 nitrogen and oxygen atoms in total. The summed E-state index contributed by atoms with van der Waals surface area (Å²) in [4.78, 5) is 4.08. The Morgan fingerprint density at radius 1 is 0.895 bits per heavy atom. The normalized spacial score (nSPS) is 10.9. The smallest absolute Gasteiger partial charge is 0.0481 e. The third-order valence-corrected chi connectivity index (χ3v) is 5.83. The predicted octanol–water partition coefficient (Wildman–Crippen LogP) is 6.41. The van der Waals surface area contributed by atoms with Gasteiger partial charge in [-0.05, 0) is 60.2 Å². The molecule has 0 saturated heterocycles. The fourth-order valence-corrected chi connectivity index (χ4v) is 4.58. The average Bonchev–Trinajstić information content (AvgIpc) is 2.96. The number of aryl methyl sites for hydroxylation is 2. The van der Waals surface area contributed by atoms with E-state index in [-0.39, 0.29) is 0 Å². The zero-order valence-electron chi connectivity index (χ0n) is 10.7. The van der Waals surface area contributed by atoms with Crippen LogP contribution in [-0.4, -0.2) is 0 Å². The average molecular weight is 305 g/mol. The topological polar surface area (TPSA) is 0 Å². The van der Waals surface area contributed by atoms with Gasteiger partial charge in [-0.1, -0.05) is 23.7 Å². The summed E-state index contributed by atoms with van der Waals surface area (Å²) >= 11 is 9.62. The predicted molar refractivity (Wildman–Crippen MR) is 87.6 cm³/mol. The Morgan fingerprint density at radius 2 is 1.63 bits per heavy atom. The lowest BCUT2D eigenvalue weighted by atomic mass is 10.1. The highest BCUT2D eigenvalue weighted by atomic mass is 35.5. The summed E-state index contributed by atoms with van der Waals surface area (Å²) in [5, 5.41) is 2.94. The standard InChI is InChI=1S/C16H13ClS2/c1-10-7-8-18-15(10)16-11(2)9-14(19-16)12-3-5-13(17)6-4-12/h3-9H,1-2H3. The Morgan fingerprint density at radius 3 is 2.26 bits per heavy atom. The first-order valence-corrected chi connectivity index (χ1v) is 8.13. The fourth-order valence-electron chi connectivity index (χ4n) is 2.07. The second-order valence-electron chi connectivity index (χ2n) is 4.56. The fraction of sp³-hybridized carbons (Fsp3) is 0.125. The maximum absolute atomic E-state index is 5.94. The van der Waals surface area contributed by atoms with E-state index in [1.807, 2.05) is 34.8 Å². The van der Waals surface area contributed by atoms with E-state index in [2.05, 4.69) is 43.5 Å². The van der Waals surface area contributed by atoms with E-state index in [0.717, 1.165) is 5.02 Å². The molecule has 3 aromatic rings. The Balaban J connectivity index is 2.07. The molecule has 0 aliphatic carbocycles. The molecule has 0 spiro atoms. The lowest BCUT2D eigenvalue weighted by Crippen LogP contribution is -1.72. The molecule has 96 valence electrons. The van der Waals surface area contributed by atoms with Crippen LogP contribution >= 0.6 is 34.3 Å². The molecule has 0 N–H and O–H groups in total. The van der Waals surface area contributed by atoms with Crippen LogP contribution in [0.1, 0.15) is 11.1 Å². The van der Waals surface area contributed by atoms with Crippen LogP contribution in [0.2, 0.25) is 5.02 Å². The molecule has 0 radical (unpaired) electrons. The summed E-state index contributed by atoms with van der Waals surface area (Å²) in [5.41, 5.74) is 3.94. The summed E-state index contributed by atoms with van der Waals surface area (Å²) in [5.74, 6) is 0. The minimum Gasteiger partial charge on any atom is -0.143 e. The van der Waals surface area contributed by atoms with Crippen LogP contribution in [0.4, 0.5) is 0 Å². The minimum atomic E-state index is 0.784. The minimum absolute atomic E-state index is 0.784. The van der Waals surface area contributed by atoms with Crippen LogP contribution in [-0.2, 0) is 0 Å². The van der Waals surface area contributed by atoms with E-state index in [1.165, 1.54) is 31.3 Å². The third kappa shape index (κ3) is 2.48. The van der Waals surface area contributed by atoms with Gasteiger partial charge < -0.3 is 0 Å². The van der Waals surface area contributed by atoms with E-state index in [1.54, 1.807) is 0 Å². The number of hydrogen-bond donors (Lipinski definition) is 0. The Bertz CT molecular complexity index is 705. The van der Waals surface area contributed by atoms with Gasteiger partial charge in [0.1, 0.15) is 0 Å². The summed E-state index contributed by atoms with van der Waals surface area (Å²) in [6.45, 7) is 4.36. The first kappa shape index (κ1) is 12.9. The molecular weight excluding hydrogens is 292 g/mol. The molecule has 3 heteroatoms. The second kappa shape index (κ2) is 5.12. The summed E-state index contributed by atoms with van der Waals surface area (Å²) in [6, 6.07) is 12.5. The molecule has 2 heterocycles. The Labute approximate surface area is 126 Å². The first-order chi connectivity index (χ1) is 9.15. The van der Waals surface area contributed by atoms with Crippen LogP contribution in [0.5, 0.6) is 0 Å². The summed E-state index contributed by atoms with van der Waals surface area (Å²) in [7, 11) is 0. The van der Waals surface area contributed by atoms with Crippen LogP contribution in [0.3, 0.4) is 0 Å². The SMILES string of the molecule is Cc1ccsc1-c1sc(-c2ccc(Cl)cc2)cc1C. The quantitative estimate of drug-likeness (QED) is 0.513. The molecule has 0 aliphatic rings. The van der Waals surface area contributed by atoms with Crippen LogP contribution < -0.4 is 0 Å². The maximum atomic E-state index is 5.94. The zero-order valence-corrected chi connectivity index (χ0v) is 13.1. The molecule has 0 amide bonds. The van der Waals surface area contributed by atoms with Crippen molar-refractivity contribution in [1.29, 1.82) is 0 Å². The number of halogens is 1. The Kier molecular flexibility index (Phi) is 3.48. The summed E-state index contributed by atoms with van der Waals surface area (Å²) < 4.78 is 0. The molecule has 2 aromatic heterocycles. The lowest BCUT2D eigenvalue weighted by molar-refractivity contribution is 1.51. The van der Waals surface area contributed by atoms with Crippen molar-refractivity contribution in [1.82, 2.24) is 0 Å². The largest absolute Gasteiger partial charge is 0.143 e. The van der Waals surface area contributed by atoms with Gasteiger partial charge in [0.15, 0.2) is 0 Å². The van der Waals surface area contributed by atoms with Crippen molar-refractivity contribution in [2.75, 3.05) is 0 Å². The molecule has 0 aliphatic heterocycles. The highest BCUT2D eigenvalue weighted by molar-refractivity contribution is 7.23. The molecule has 1 aromatic carbocycles. The molecule has 0 saturated carbocycles. The molecule has 3 rings (SSSR count). The van der Waals surface area contributed by atoms with Gasteiger partial charge in [0, 0.05) is 19.7 Å². The van der Waals surface area contributed by atoms with E-state index in [0.29, 0.717) is 0 Å². The van der Waals surface area contributed by atoms with Gasteiger partial charge in [0.05, 0.1) is 0 Å². The number of benzene rings is 1. The van der Waals surface area contributed by atoms with Gasteiger partial charge in [-0.2, -0.15) is 0 Å². The van der Waals surface area contributed by atoms with Crippen molar-refractivity contribution < 1.29 is 0 Å². The van der Waals surface area contributed by atoms with Crippen LogP contribution in [0, 0.1) is 13.8 Å². The van der Waals surface area contributed by atoms with E-state index in [9.17, 15) is 0 Å². The molecule has 0 unspecified atom stereocenters. The number of thiophene rings is 2. The van der Waals surface area contributed by atoms with Crippen molar-refractivity contribution >= 4 is 34.3 Å². The van der Waals surface area contributed by atoms with Crippen molar-refractivity contribution in [2.45, 2.75) is 13.8 Å². The third-order valence-electron chi connectivity index (χ3n) is 3.11. The van der Waals surface area contributed by atoms with Crippen molar-refractivity contribution in [3.05, 3.63) is 57.9 Å². The highest BCUT2D eigenvalue weighted by Gasteiger charge is 2.12. The second-order valence-corrected chi connectivity index (χ2v) is 6.97. The van der Waals surface area contributed by atoms with E-state index >= 15 is 0 Å². The van der Waals surface area contributed by atoms with Gasteiger partial charge in [-0.25, -0.2) is 0 Å². The van der Waals surface area contributed by atoms with E-state index < -0.39 is 0 Å². The van der Waals surface area contributed by atoms with Gasteiger partial charge in [0.25, 0.3) is 0 Å². The van der Waals surface area contributed by atoms with Crippen LogP contribution in [0.15, 0.2) is 41.8 Å². The van der Waals surface area contributed by atoms with Gasteiger partial charge in [0.2, 0.25) is 0 Å². The lowest BCUT2D eigenvalue weighted by Gasteiger charge is -1.98. The molecule has 0 bridgehead atoms. The maximum Gasteiger partial charge on any atom is 0.0481 e. The first-order valence-electron chi connectivity index (χ1n) is 6.06. The molecule has 0 fully saturated rings. The number of rotatable bonds is 2. The highest BCUT2D eigenvalue weighted by Crippen LogP contribution is 2.41. The Hall–Kier alpha value is -1.09. The molecule has 19 heavy (non-hydrogen) atoms. The number of hydrogen-bond acceptors (Lipinski definition) is 2. The molecular formula is C16H13ClS2. The van der Waals surface area contributed by atoms with E-state index in [4.69, 9.17) is 11.6 Å².